The molecule has 1 aliphatic rings. The molecule has 3 heterocycles. The minimum Gasteiger partial charge on any atom is -0.467 e. The summed E-state index contributed by atoms with van der Waals surface area (Å²) in [6, 6.07) is 3.68. The predicted molar refractivity (Wildman–Crippen MR) is 77.8 cm³/mol. The number of piperidine rings is 1. The molecule has 2 aromatic rings. The van der Waals surface area contributed by atoms with Gasteiger partial charge in [-0.25, -0.2) is 0 Å². The van der Waals surface area contributed by atoms with Gasteiger partial charge in [-0.1, -0.05) is 11.6 Å². The van der Waals surface area contributed by atoms with E-state index >= 15 is 0 Å². The molecule has 1 aliphatic heterocycles. The molecule has 2 aromatic heterocycles. The molecule has 1 fully saturated rings. The smallest absolute Gasteiger partial charge is 0.243 e. The lowest BCUT2D eigenvalue weighted by molar-refractivity contribution is -0.123. The molecule has 1 atom stereocenters. The molecule has 1 N–H and O–H groups in total. The summed E-state index contributed by atoms with van der Waals surface area (Å²) in [6.45, 7) is 3.40. The average Bonchev–Trinajstić information content (AvgIpc) is 3.17. The fraction of sp³-hybridized carbons (Fsp3) is 0.533. The van der Waals surface area contributed by atoms with E-state index < -0.39 is 0 Å². The molecular weight excluding hydrogens is 284 g/mol. The molecule has 0 radical (unpaired) electrons. The lowest BCUT2D eigenvalue weighted by Gasteiger charge is -2.32. The van der Waals surface area contributed by atoms with E-state index in [1.54, 1.807) is 19.3 Å². The van der Waals surface area contributed by atoms with Crippen LogP contribution in [0.4, 0.5) is 0 Å². The Morgan fingerprint density at radius 2 is 2.41 bits per heavy atom. The SMILES string of the molecule is Cc1noc([C@@H]2CCCCN2CC(=O)NCc2ccco2)n1. The van der Waals surface area contributed by atoms with Crippen LogP contribution in [0.5, 0.6) is 0 Å². The van der Waals surface area contributed by atoms with Crippen LogP contribution in [0.1, 0.15) is 42.8 Å². The average molecular weight is 304 g/mol. The van der Waals surface area contributed by atoms with Crippen LogP contribution in [0.25, 0.3) is 0 Å². The van der Waals surface area contributed by atoms with Gasteiger partial charge >= 0.3 is 0 Å². The molecule has 7 heteroatoms. The van der Waals surface area contributed by atoms with Crippen LogP contribution in [0.3, 0.4) is 0 Å². The molecule has 1 amide bonds. The van der Waals surface area contributed by atoms with Crippen LogP contribution in [0, 0.1) is 6.92 Å². The molecule has 0 unspecified atom stereocenters. The van der Waals surface area contributed by atoms with Crippen LogP contribution in [0.2, 0.25) is 0 Å². The van der Waals surface area contributed by atoms with Gasteiger partial charge in [-0.3, -0.25) is 9.69 Å². The molecule has 0 aromatic carbocycles. The summed E-state index contributed by atoms with van der Waals surface area (Å²) in [5.74, 6) is 1.95. The van der Waals surface area contributed by atoms with Crippen molar-refractivity contribution in [1.29, 1.82) is 0 Å². The molecule has 7 nitrogen and oxygen atoms in total. The summed E-state index contributed by atoms with van der Waals surface area (Å²) < 4.78 is 10.5. The normalized spacial score (nSPS) is 19.2. The summed E-state index contributed by atoms with van der Waals surface area (Å²) in [5.41, 5.74) is 0. The number of nitrogens with zero attached hydrogens (tertiary/aromatic N) is 3. The first kappa shape index (κ1) is 14.8. The number of aryl methyl sites for hydroxylation is 1. The summed E-state index contributed by atoms with van der Waals surface area (Å²) >= 11 is 0. The van der Waals surface area contributed by atoms with Gasteiger partial charge in [-0.2, -0.15) is 4.98 Å². The van der Waals surface area contributed by atoms with Crippen LogP contribution in [-0.4, -0.2) is 34.0 Å². The van der Waals surface area contributed by atoms with Crippen molar-refractivity contribution in [1.82, 2.24) is 20.4 Å². The number of hydrogen-bond acceptors (Lipinski definition) is 6. The lowest BCUT2D eigenvalue weighted by Crippen LogP contribution is -2.41. The molecule has 0 spiro atoms. The van der Waals surface area contributed by atoms with E-state index in [0.29, 0.717) is 24.8 Å². The van der Waals surface area contributed by atoms with Crippen molar-refractivity contribution in [2.75, 3.05) is 13.1 Å². The van der Waals surface area contributed by atoms with E-state index in [0.717, 1.165) is 31.6 Å². The van der Waals surface area contributed by atoms with E-state index in [-0.39, 0.29) is 11.9 Å². The highest BCUT2D eigenvalue weighted by Gasteiger charge is 2.29. The van der Waals surface area contributed by atoms with Gasteiger partial charge in [0.25, 0.3) is 0 Å². The Hall–Kier alpha value is -2.15. The second-order valence-corrected chi connectivity index (χ2v) is 5.52. The lowest BCUT2D eigenvalue weighted by atomic mass is 10.0. The Kier molecular flexibility index (Phi) is 4.53. The number of aromatic nitrogens is 2. The molecule has 1 saturated heterocycles. The maximum absolute atomic E-state index is 12.1. The predicted octanol–water partition coefficient (Wildman–Crippen LogP) is 1.81. The molecule has 3 rings (SSSR count). The minimum absolute atomic E-state index is 0.0282. The number of hydrogen-bond donors (Lipinski definition) is 1. The molecule has 22 heavy (non-hydrogen) atoms. The Bertz CT molecular complexity index is 608. The first-order valence-corrected chi connectivity index (χ1v) is 7.56. The molecule has 0 saturated carbocycles. The number of carbonyl (C=O) groups is 1. The van der Waals surface area contributed by atoms with E-state index in [4.69, 9.17) is 8.94 Å². The zero-order valence-corrected chi connectivity index (χ0v) is 12.6. The van der Waals surface area contributed by atoms with Crippen molar-refractivity contribution in [3.63, 3.8) is 0 Å². The third-order valence-electron chi connectivity index (χ3n) is 3.83. The number of likely N-dealkylation sites (tertiary alicyclic amines) is 1. The molecule has 0 bridgehead atoms. The van der Waals surface area contributed by atoms with E-state index in [2.05, 4.69) is 20.4 Å². The largest absolute Gasteiger partial charge is 0.467 e. The number of carbonyl (C=O) groups excluding carboxylic acids is 1. The van der Waals surface area contributed by atoms with Gasteiger partial charge in [0.05, 0.1) is 25.4 Å². The summed E-state index contributed by atoms with van der Waals surface area (Å²) in [7, 11) is 0. The summed E-state index contributed by atoms with van der Waals surface area (Å²) in [4.78, 5) is 18.5. The van der Waals surface area contributed by atoms with Crippen LogP contribution in [0.15, 0.2) is 27.3 Å². The Balaban J connectivity index is 1.57. The van der Waals surface area contributed by atoms with Gasteiger partial charge in [-0.05, 0) is 38.4 Å². The van der Waals surface area contributed by atoms with Gasteiger partial charge in [-0.15, -0.1) is 0 Å². The second kappa shape index (κ2) is 6.74. The van der Waals surface area contributed by atoms with E-state index in [1.807, 2.05) is 6.07 Å². The zero-order chi connectivity index (χ0) is 15.4. The Labute approximate surface area is 128 Å². The maximum Gasteiger partial charge on any atom is 0.243 e. The number of rotatable bonds is 5. The monoisotopic (exact) mass is 304 g/mol. The van der Waals surface area contributed by atoms with Crippen molar-refractivity contribution < 1.29 is 13.7 Å². The third kappa shape index (κ3) is 3.54. The van der Waals surface area contributed by atoms with Gasteiger partial charge in [0.15, 0.2) is 5.82 Å². The minimum atomic E-state index is -0.0282. The molecule has 118 valence electrons. The highest BCUT2D eigenvalue weighted by Crippen LogP contribution is 2.29. The van der Waals surface area contributed by atoms with Crippen molar-refractivity contribution in [2.45, 2.75) is 38.8 Å². The number of furan rings is 1. The topological polar surface area (TPSA) is 84.4 Å². The van der Waals surface area contributed by atoms with Gasteiger partial charge in [0, 0.05) is 0 Å². The standard InChI is InChI=1S/C15H20N4O3/c1-11-17-15(22-18-11)13-6-2-3-7-19(13)10-14(20)16-9-12-5-4-8-21-12/h4-5,8,13H,2-3,6-7,9-10H2,1H3,(H,16,20)/t13-/m0/s1. The highest BCUT2D eigenvalue weighted by molar-refractivity contribution is 5.78. The van der Waals surface area contributed by atoms with E-state index in [1.165, 1.54) is 0 Å². The van der Waals surface area contributed by atoms with Crippen molar-refractivity contribution in [3.05, 3.63) is 35.9 Å². The van der Waals surface area contributed by atoms with Crippen molar-refractivity contribution in [2.24, 2.45) is 0 Å². The van der Waals surface area contributed by atoms with Gasteiger partial charge in [0.1, 0.15) is 5.76 Å². The van der Waals surface area contributed by atoms with Crippen molar-refractivity contribution >= 4 is 5.91 Å². The Morgan fingerprint density at radius 3 is 3.14 bits per heavy atom. The third-order valence-corrected chi connectivity index (χ3v) is 3.83. The Morgan fingerprint density at radius 1 is 1.50 bits per heavy atom. The molecule has 0 aliphatic carbocycles. The van der Waals surface area contributed by atoms with Crippen LogP contribution >= 0.6 is 0 Å². The van der Waals surface area contributed by atoms with Gasteiger partial charge < -0.3 is 14.3 Å². The fourth-order valence-electron chi connectivity index (χ4n) is 2.75. The second-order valence-electron chi connectivity index (χ2n) is 5.52. The summed E-state index contributed by atoms with van der Waals surface area (Å²) in [6.07, 6.45) is 4.72. The van der Waals surface area contributed by atoms with Crippen molar-refractivity contribution in [3.8, 4) is 0 Å². The quantitative estimate of drug-likeness (QED) is 0.907. The summed E-state index contributed by atoms with van der Waals surface area (Å²) in [5, 5.41) is 6.72. The highest BCUT2D eigenvalue weighted by atomic mass is 16.5. The maximum atomic E-state index is 12.1. The fourth-order valence-corrected chi connectivity index (χ4v) is 2.75. The first-order chi connectivity index (χ1) is 10.7. The number of nitrogens with one attached hydrogen (secondary N) is 1. The zero-order valence-electron chi connectivity index (χ0n) is 12.6. The number of amides is 1. The van der Waals surface area contributed by atoms with Gasteiger partial charge in [0.2, 0.25) is 11.8 Å². The first-order valence-electron chi connectivity index (χ1n) is 7.56. The van der Waals surface area contributed by atoms with Crippen LogP contribution < -0.4 is 5.32 Å². The van der Waals surface area contributed by atoms with E-state index in [9.17, 15) is 4.79 Å². The van der Waals surface area contributed by atoms with Crippen LogP contribution in [-0.2, 0) is 11.3 Å². The molecular formula is C15H20N4O3.